The molecule has 0 aromatic carbocycles. The van der Waals surface area contributed by atoms with E-state index in [0.29, 0.717) is 26.2 Å². The second-order valence-electron chi connectivity index (χ2n) is 10.2. The van der Waals surface area contributed by atoms with Gasteiger partial charge < -0.3 is 19.3 Å². The standard InChI is InChI=1S/C21H27F5O5/c1-11(2)15(27)29-10-17(3)19(22,23)20(28,21(24,25)26)31-16(30-17)18-7-12-4-13(8-18)6-14(5-12)9-18/h12-14,16,28H,1,4-10H2,2-3H3. The maximum Gasteiger partial charge on any atom is 0.449 e. The molecule has 5 nitrogen and oxygen atoms in total. The van der Waals surface area contributed by atoms with Crippen molar-refractivity contribution in [3.8, 4) is 0 Å². The van der Waals surface area contributed by atoms with E-state index in [4.69, 9.17) is 14.2 Å². The molecule has 1 heterocycles. The second-order valence-corrected chi connectivity index (χ2v) is 10.2. The first-order valence-corrected chi connectivity index (χ1v) is 10.5. The average molecular weight is 454 g/mol. The summed E-state index contributed by atoms with van der Waals surface area (Å²) in [5.41, 5.74) is -3.97. The van der Waals surface area contributed by atoms with Crippen LogP contribution >= 0.6 is 0 Å². The van der Waals surface area contributed by atoms with E-state index in [-0.39, 0.29) is 23.3 Å². The van der Waals surface area contributed by atoms with E-state index in [1.807, 2.05) is 0 Å². The molecule has 4 aliphatic carbocycles. The van der Waals surface area contributed by atoms with Crippen LogP contribution < -0.4 is 0 Å². The summed E-state index contributed by atoms with van der Waals surface area (Å²) in [4.78, 5) is 11.8. The molecule has 5 rings (SSSR count). The monoisotopic (exact) mass is 454 g/mol. The lowest BCUT2D eigenvalue weighted by Gasteiger charge is -2.62. The lowest BCUT2D eigenvalue weighted by molar-refractivity contribution is -0.535. The fourth-order valence-corrected chi connectivity index (χ4v) is 6.33. The first-order chi connectivity index (χ1) is 14.1. The zero-order valence-electron chi connectivity index (χ0n) is 17.4. The predicted molar refractivity (Wildman–Crippen MR) is 96.7 cm³/mol. The molecule has 0 aromatic rings. The van der Waals surface area contributed by atoms with Crippen LogP contribution in [-0.4, -0.2) is 47.5 Å². The van der Waals surface area contributed by atoms with Gasteiger partial charge in [0, 0.05) is 11.0 Å². The first-order valence-electron chi connectivity index (χ1n) is 10.5. The van der Waals surface area contributed by atoms with Crippen LogP contribution in [0.15, 0.2) is 12.2 Å². The minimum absolute atomic E-state index is 0.109. The summed E-state index contributed by atoms with van der Waals surface area (Å²) in [6.07, 6.45) is -3.17. The van der Waals surface area contributed by atoms with Crippen LogP contribution in [0.5, 0.6) is 0 Å². The highest BCUT2D eigenvalue weighted by Gasteiger charge is 2.82. The third-order valence-electron chi connectivity index (χ3n) is 7.53. The number of carbonyl (C=O) groups excluding carboxylic acids is 1. The third-order valence-corrected chi connectivity index (χ3v) is 7.53. The number of aliphatic hydroxyl groups is 1. The van der Waals surface area contributed by atoms with Gasteiger partial charge in [0.2, 0.25) is 0 Å². The molecular formula is C21H27F5O5. The molecule has 5 fully saturated rings. The van der Waals surface area contributed by atoms with Gasteiger partial charge in [0.05, 0.1) is 0 Å². The zero-order valence-corrected chi connectivity index (χ0v) is 17.4. The van der Waals surface area contributed by atoms with Crippen molar-refractivity contribution in [3.05, 3.63) is 12.2 Å². The van der Waals surface area contributed by atoms with E-state index in [0.717, 1.165) is 19.3 Å². The molecule has 0 spiro atoms. The molecule has 10 heteroatoms. The second kappa shape index (κ2) is 6.87. The lowest BCUT2D eigenvalue weighted by atomic mass is 9.49. The SMILES string of the molecule is C=C(C)C(=O)OCC1(C)OC(C23CC4CC(CC(C4)C2)C3)OC(O)(C(F)(F)F)C1(F)F. The van der Waals surface area contributed by atoms with E-state index >= 15 is 8.78 Å². The Labute approximate surface area is 176 Å². The van der Waals surface area contributed by atoms with Crippen molar-refractivity contribution in [2.75, 3.05) is 6.61 Å². The van der Waals surface area contributed by atoms with Crippen LogP contribution in [-0.2, 0) is 19.0 Å². The normalized spacial score (nSPS) is 46.1. The van der Waals surface area contributed by atoms with Crippen molar-refractivity contribution in [3.63, 3.8) is 0 Å². The summed E-state index contributed by atoms with van der Waals surface area (Å²) < 4.78 is 86.9. The maximum atomic E-state index is 15.2. The molecular weight excluding hydrogens is 427 g/mol. The number of rotatable bonds is 4. The molecule has 1 aliphatic heterocycles. The van der Waals surface area contributed by atoms with Crippen LogP contribution in [0.2, 0.25) is 0 Å². The number of halogens is 5. The van der Waals surface area contributed by atoms with Crippen molar-refractivity contribution in [2.45, 2.75) is 82.1 Å². The average Bonchev–Trinajstić information content (AvgIpc) is 2.62. The number of hydrogen-bond donors (Lipinski definition) is 1. The molecule has 5 aliphatic rings. The number of carbonyl (C=O) groups is 1. The van der Waals surface area contributed by atoms with Crippen molar-refractivity contribution >= 4 is 5.97 Å². The molecule has 3 atom stereocenters. The van der Waals surface area contributed by atoms with Crippen LogP contribution in [0.1, 0.15) is 52.4 Å². The van der Waals surface area contributed by atoms with Crippen LogP contribution in [0.4, 0.5) is 22.0 Å². The Morgan fingerprint density at radius 3 is 2.00 bits per heavy atom. The van der Waals surface area contributed by atoms with Gasteiger partial charge in [-0.15, -0.1) is 0 Å². The van der Waals surface area contributed by atoms with E-state index < -0.39 is 47.8 Å². The minimum Gasteiger partial charge on any atom is -0.459 e. The smallest absolute Gasteiger partial charge is 0.449 e. The maximum absolute atomic E-state index is 15.2. The van der Waals surface area contributed by atoms with E-state index in [2.05, 4.69) is 6.58 Å². The van der Waals surface area contributed by atoms with Gasteiger partial charge in [-0.25, -0.2) is 4.79 Å². The Hall–Kier alpha value is -1.26. The molecule has 1 saturated heterocycles. The summed E-state index contributed by atoms with van der Waals surface area (Å²) in [7, 11) is 0. The molecule has 4 bridgehead atoms. The largest absolute Gasteiger partial charge is 0.459 e. The number of ether oxygens (including phenoxy) is 3. The Morgan fingerprint density at radius 2 is 1.58 bits per heavy atom. The molecule has 4 saturated carbocycles. The molecule has 31 heavy (non-hydrogen) atoms. The lowest BCUT2D eigenvalue weighted by Crippen LogP contribution is -2.77. The third kappa shape index (κ3) is 3.31. The van der Waals surface area contributed by atoms with E-state index in [1.54, 1.807) is 0 Å². The van der Waals surface area contributed by atoms with E-state index in [9.17, 15) is 23.1 Å². The van der Waals surface area contributed by atoms with Crippen molar-refractivity contribution in [1.82, 2.24) is 0 Å². The van der Waals surface area contributed by atoms with Gasteiger partial charge in [0.1, 0.15) is 6.61 Å². The molecule has 176 valence electrons. The van der Waals surface area contributed by atoms with Crippen molar-refractivity contribution in [2.24, 2.45) is 23.2 Å². The van der Waals surface area contributed by atoms with Crippen LogP contribution in [0.3, 0.4) is 0 Å². The summed E-state index contributed by atoms with van der Waals surface area (Å²) in [5, 5.41) is 10.3. The summed E-state index contributed by atoms with van der Waals surface area (Å²) in [6.45, 7) is 4.12. The molecule has 0 amide bonds. The van der Waals surface area contributed by atoms with Crippen LogP contribution in [0.25, 0.3) is 0 Å². The summed E-state index contributed by atoms with van der Waals surface area (Å²) >= 11 is 0. The number of alkyl halides is 5. The topological polar surface area (TPSA) is 65.0 Å². The van der Waals surface area contributed by atoms with Crippen LogP contribution in [0, 0.1) is 23.2 Å². The van der Waals surface area contributed by atoms with Gasteiger partial charge in [-0.2, -0.15) is 22.0 Å². The van der Waals surface area contributed by atoms with Crippen molar-refractivity contribution in [1.29, 1.82) is 0 Å². The van der Waals surface area contributed by atoms with Gasteiger partial charge in [0.15, 0.2) is 11.9 Å². The Kier molecular flexibility index (Phi) is 5.08. The summed E-state index contributed by atoms with van der Waals surface area (Å²) in [5.74, 6) is -9.97. The number of esters is 1. The fraction of sp³-hybridized carbons (Fsp3) is 0.857. The molecule has 3 unspecified atom stereocenters. The van der Waals surface area contributed by atoms with Gasteiger partial charge in [-0.05, 0) is 70.1 Å². The van der Waals surface area contributed by atoms with E-state index in [1.165, 1.54) is 6.92 Å². The molecule has 1 N–H and O–H groups in total. The summed E-state index contributed by atoms with van der Waals surface area (Å²) in [6, 6.07) is 0. The highest BCUT2D eigenvalue weighted by atomic mass is 19.4. The fourth-order valence-electron chi connectivity index (χ4n) is 6.33. The van der Waals surface area contributed by atoms with Gasteiger partial charge in [-0.1, -0.05) is 6.58 Å². The minimum atomic E-state index is -5.81. The number of hydrogen-bond acceptors (Lipinski definition) is 5. The quantitative estimate of drug-likeness (QED) is 0.389. The zero-order chi connectivity index (χ0) is 23.0. The highest BCUT2D eigenvalue weighted by molar-refractivity contribution is 5.86. The van der Waals surface area contributed by atoms with Gasteiger partial charge >= 0.3 is 23.9 Å². The highest BCUT2D eigenvalue weighted by Crippen LogP contribution is 2.65. The Balaban J connectivity index is 1.71. The first kappa shape index (κ1) is 22.9. The van der Waals surface area contributed by atoms with Crippen molar-refractivity contribution < 1.29 is 46.1 Å². The predicted octanol–water partition coefficient (Wildman–Crippen LogP) is 4.34. The molecule has 0 radical (unpaired) electrons. The van der Waals surface area contributed by atoms with Gasteiger partial charge in [-0.3, -0.25) is 0 Å². The Morgan fingerprint density at radius 1 is 1.10 bits per heavy atom. The Bertz CT molecular complexity index is 745. The van der Waals surface area contributed by atoms with Gasteiger partial charge in [0.25, 0.3) is 0 Å². The molecule has 0 aromatic heterocycles.